The Morgan fingerprint density at radius 3 is 2.42 bits per heavy atom. The predicted octanol–water partition coefficient (Wildman–Crippen LogP) is 1.27. The lowest BCUT2D eigenvalue weighted by molar-refractivity contribution is -0.385. The summed E-state index contributed by atoms with van der Waals surface area (Å²) < 4.78 is 25.8. The zero-order valence-corrected chi connectivity index (χ0v) is 16.6. The average molecular weight is 409 g/mol. The number of non-ortho nitro benzene ring substituents is 1. The molecule has 0 aliphatic carbocycles. The normalized spacial score (nSPS) is 11.7. The van der Waals surface area contributed by atoms with Gasteiger partial charge in [-0.25, -0.2) is 8.42 Å². The summed E-state index contributed by atoms with van der Waals surface area (Å²) in [5.74, 6) is -0.492. The zero-order valence-electron chi connectivity index (χ0n) is 15.0. The summed E-state index contributed by atoms with van der Waals surface area (Å²) in [6, 6.07) is 4.69. The van der Waals surface area contributed by atoms with Crippen molar-refractivity contribution in [3.8, 4) is 0 Å². The number of nitro groups is 1. The van der Waals surface area contributed by atoms with Crippen molar-refractivity contribution in [2.45, 2.75) is 37.1 Å². The van der Waals surface area contributed by atoms with Gasteiger partial charge < -0.3 is 11.1 Å². The van der Waals surface area contributed by atoms with Gasteiger partial charge in [0.15, 0.2) is 0 Å². The number of nitrogens with two attached hydrogens (primary N) is 1. The van der Waals surface area contributed by atoms with Gasteiger partial charge in [0.25, 0.3) is 5.69 Å². The van der Waals surface area contributed by atoms with Gasteiger partial charge in [0.05, 0.1) is 16.4 Å². The first-order valence-corrected chi connectivity index (χ1v) is 9.26. The van der Waals surface area contributed by atoms with Gasteiger partial charge in [-0.3, -0.25) is 14.9 Å². The number of sulfonamides is 1. The first kappa shape index (κ1) is 24.2. The molecule has 0 aromatic heterocycles. The summed E-state index contributed by atoms with van der Waals surface area (Å²) in [6.45, 7) is 3.65. The molecule has 1 aromatic carbocycles. The summed E-state index contributed by atoms with van der Waals surface area (Å²) >= 11 is 0. The lowest BCUT2D eigenvalue weighted by atomic mass is 9.94. The molecule has 1 aromatic rings. The van der Waals surface area contributed by atoms with E-state index in [1.54, 1.807) is 0 Å². The van der Waals surface area contributed by atoms with E-state index < -0.39 is 32.9 Å². The molecule has 0 aliphatic heterocycles. The third kappa shape index (κ3) is 6.20. The Labute approximate surface area is 159 Å². The van der Waals surface area contributed by atoms with E-state index in [4.69, 9.17) is 5.73 Å². The molecule has 9 nitrogen and oxygen atoms in total. The van der Waals surface area contributed by atoms with Crippen LogP contribution in [0.5, 0.6) is 0 Å². The molecule has 0 unspecified atom stereocenters. The standard InChI is InChI=1S/C15H24N4O5S.ClH/c1-4-15(16,5-2)11-17-14(20)10-18(3)25(23,24)13-8-6-7-12(9-13)19(21)22;/h6-9H,4-5,10-11,16H2,1-3H3,(H,17,20);1H. The van der Waals surface area contributed by atoms with E-state index >= 15 is 0 Å². The second-order valence-corrected chi connectivity index (χ2v) is 7.91. The van der Waals surface area contributed by atoms with E-state index in [1.165, 1.54) is 25.2 Å². The largest absolute Gasteiger partial charge is 0.353 e. The molecule has 3 N–H and O–H groups in total. The molecule has 1 rings (SSSR count). The maximum Gasteiger partial charge on any atom is 0.270 e. The second kappa shape index (κ2) is 9.81. The number of benzene rings is 1. The van der Waals surface area contributed by atoms with Crippen LogP contribution in [-0.2, 0) is 14.8 Å². The summed E-state index contributed by atoms with van der Waals surface area (Å²) in [7, 11) is -2.78. The van der Waals surface area contributed by atoms with Gasteiger partial charge in [-0.05, 0) is 18.9 Å². The fourth-order valence-corrected chi connectivity index (χ4v) is 3.22. The van der Waals surface area contributed by atoms with Crippen molar-refractivity contribution in [1.29, 1.82) is 0 Å². The highest BCUT2D eigenvalue weighted by molar-refractivity contribution is 7.89. The van der Waals surface area contributed by atoms with E-state index in [0.717, 1.165) is 10.4 Å². The minimum atomic E-state index is -4.02. The monoisotopic (exact) mass is 408 g/mol. The Kier molecular flexibility index (Phi) is 9.15. The third-order valence-corrected chi connectivity index (χ3v) is 5.95. The van der Waals surface area contributed by atoms with Gasteiger partial charge in [0.1, 0.15) is 0 Å². The zero-order chi connectivity index (χ0) is 19.3. The lowest BCUT2D eigenvalue weighted by Gasteiger charge is -2.27. The maximum absolute atomic E-state index is 12.5. The number of amides is 1. The number of carbonyl (C=O) groups excluding carboxylic acids is 1. The minimum absolute atomic E-state index is 0. The number of halogens is 1. The van der Waals surface area contributed by atoms with Crippen LogP contribution in [0.2, 0.25) is 0 Å². The molecule has 1 amide bonds. The number of rotatable bonds is 9. The molecule has 11 heteroatoms. The van der Waals surface area contributed by atoms with Gasteiger partial charge in [-0.1, -0.05) is 19.9 Å². The molecular formula is C15H25ClN4O5S. The molecule has 26 heavy (non-hydrogen) atoms. The van der Waals surface area contributed by atoms with Crippen LogP contribution < -0.4 is 11.1 Å². The number of nitro benzene ring substituents is 1. The first-order chi connectivity index (χ1) is 11.6. The smallest absolute Gasteiger partial charge is 0.270 e. The predicted molar refractivity (Wildman–Crippen MR) is 101 cm³/mol. The lowest BCUT2D eigenvalue weighted by Crippen LogP contribution is -2.51. The van der Waals surface area contributed by atoms with E-state index in [2.05, 4.69) is 5.32 Å². The Bertz CT molecular complexity index is 737. The molecule has 0 radical (unpaired) electrons. The number of nitrogens with one attached hydrogen (secondary N) is 1. The molecule has 0 heterocycles. The van der Waals surface area contributed by atoms with Crippen molar-refractivity contribution in [2.75, 3.05) is 20.1 Å². The van der Waals surface area contributed by atoms with Crippen LogP contribution in [0.4, 0.5) is 5.69 Å². The van der Waals surface area contributed by atoms with Crippen LogP contribution in [0.3, 0.4) is 0 Å². The molecule has 0 spiro atoms. The van der Waals surface area contributed by atoms with E-state index in [0.29, 0.717) is 12.8 Å². The molecule has 148 valence electrons. The number of nitrogens with zero attached hydrogens (tertiary/aromatic N) is 2. The van der Waals surface area contributed by atoms with Crippen LogP contribution in [0.25, 0.3) is 0 Å². The molecular weight excluding hydrogens is 384 g/mol. The minimum Gasteiger partial charge on any atom is -0.353 e. The Morgan fingerprint density at radius 1 is 1.35 bits per heavy atom. The highest BCUT2D eigenvalue weighted by atomic mass is 35.5. The number of hydrogen-bond donors (Lipinski definition) is 2. The molecule has 0 fully saturated rings. The van der Waals surface area contributed by atoms with Crippen LogP contribution in [0, 0.1) is 10.1 Å². The van der Waals surface area contributed by atoms with E-state index in [1.807, 2.05) is 13.8 Å². The topological polar surface area (TPSA) is 136 Å². The van der Waals surface area contributed by atoms with Crippen LogP contribution in [-0.4, -0.2) is 49.2 Å². The number of likely N-dealkylation sites (N-methyl/N-ethyl adjacent to an activating group) is 1. The summed E-state index contributed by atoms with van der Waals surface area (Å²) in [5.41, 5.74) is 5.22. The van der Waals surface area contributed by atoms with Gasteiger partial charge in [-0.2, -0.15) is 4.31 Å². The van der Waals surface area contributed by atoms with Crippen molar-refractivity contribution in [1.82, 2.24) is 9.62 Å². The molecule has 0 saturated heterocycles. The third-order valence-electron chi connectivity index (χ3n) is 4.15. The van der Waals surface area contributed by atoms with E-state index in [-0.39, 0.29) is 29.5 Å². The van der Waals surface area contributed by atoms with Crippen molar-refractivity contribution in [3.05, 3.63) is 34.4 Å². The first-order valence-electron chi connectivity index (χ1n) is 7.82. The molecule has 0 saturated carbocycles. The fraction of sp³-hybridized carbons (Fsp3) is 0.533. The molecule has 0 atom stereocenters. The second-order valence-electron chi connectivity index (χ2n) is 5.86. The van der Waals surface area contributed by atoms with Crippen LogP contribution in [0.1, 0.15) is 26.7 Å². The van der Waals surface area contributed by atoms with Gasteiger partial charge in [-0.15, -0.1) is 12.4 Å². The maximum atomic E-state index is 12.5. The number of hydrogen-bond acceptors (Lipinski definition) is 6. The van der Waals surface area contributed by atoms with Crippen LogP contribution in [0.15, 0.2) is 29.2 Å². The van der Waals surface area contributed by atoms with Crippen molar-refractivity contribution in [3.63, 3.8) is 0 Å². The van der Waals surface area contributed by atoms with Crippen molar-refractivity contribution in [2.24, 2.45) is 5.73 Å². The molecule has 0 bridgehead atoms. The van der Waals surface area contributed by atoms with Crippen LogP contribution >= 0.6 is 12.4 Å². The highest BCUT2D eigenvalue weighted by Gasteiger charge is 2.26. The quantitative estimate of drug-likeness (QED) is 0.466. The highest BCUT2D eigenvalue weighted by Crippen LogP contribution is 2.20. The number of carbonyl (C=O) groups is 1. The Balaban J connectivity index is 0.00000625. The van der Waals surface area contributed by atoms with Crippen molar-refractivity contribution >= 4 is 34.0 Å². The fourth-order valence-electron chi connectivity index (χ4n) is 2.06. The Morgan fingerprint density at radius 2 is 1.92 bits per heavy atom. The van der Waals surface area contributed by atoms with Gasteiger partial charge in [0, 0.05) is 31.3 Å². The summed E-state index contributed by atoms with van der Waals surface area (Å²) in [5, 5.41) is 13.4. The summed E-state index contributed by atoms with van der Waals surface area (Å²) in [6.07, 6.45) is 1.34. The Hall–Kier alpha value is -1.75. The van der Waals surface area contributed by atoms with Gasteiger partial charge in [0.2, 0.25) is 15.9 Å². The SMILES string of the molecule is CCC(N)(CC)CNC(=O)CN(C)S(=O)(=O)c1cccc([N+](=O)[O-])c1.Cl. The molecule has 0 aliphatic rings. The van der Waals surface area contributed by atoms with Gasteiger partial charge >= 0.3 is 0 Å². The summed E-state index contributed by atoms with van der Waals surface area (Å²) in [4.78, 5) is 21.9. The average Bonchev–Trinajstić information content (AvgIpc) is 2.59. The van der Waals surface area contributed by atoms with Crippen molar-refractivity contribution < 1.29 is 18.1 Å². The van der Waals surface area contributed by atoms with E-state index in [9.17, 15) is 23.3 Å².